The van der Waals surface area contributed by atoms with E-state index in [0.717, 1.165) is 0 Å². The van der Waals surface area contributed by atoms with E-state index in [0.29, 0.717) is 11.3 Å². The molecule has 0 aliphatic carbocycles. The van der Waals surface area contributed by atoms with Gasteiger partial charge >= 0.3 is 5.97 Å². The Morgan fingerprint density at radius 2 is 2.22 bits per heavy atom. The summed E-state index contributed by atoms with van der Waals surface area (Å²) in [5.74, 6) is -0.0392. The Hall–Kier alpha value is -2.37. The molecule has 96 valence electrons. The van der Waals surface area contributed by atoms with E-state index in [2.05, 4.69) is 4.74 Å². The zero-order valence-corrected chi connectivity index (χ0v) is 10.1. The van der Waals surface area contributed by atoms with Gasteiger partial charge in [0.05, 0.1) is 12.0 Å². The Balaban J connectivity index is 2.77. The second-order valence-electron chi connectivity index (χ2n) is 3.48. The minimum atomic E-state index is -0.489. The van der Waals surface area contributed by atoms with Crippen molar-refractivity contribution < 1.29 is 19.2 Å². The average molecular weight is 251 g/mol. The van der Waals surface area contributed by atoms with Crippen LogP contribution in [0.1, 0.15) is 12.5 Å². The fourth-order valence-electron chi connectivity index (χ4n) is 1.19. The number of benzene rings is 1. The van der Waals surface area contributed by atoms with Crippen LogP contribution in [0.5, 0.6) is 5.75 Å². The third-order valence-electron chi connectivity index (χ3n) is 2.11. The molecule has 0 bridgehead atoms. The van der Waals surface area contributed by atoms with Crippen LogP contribution in [0, 0.1) is 10.1 Å². The van der Waals surface area contributed by atoms with Gasteiger partial charge in [0.1, 0.15) is 5.75 Å². The SMILES string of the molecule is COC(=O)COc1cccc(/C=C(\C)[N+](=O)[O-])c1. The third kappa shape index (κ3) is 4.25. The minimum absolute atomic E-state index is 0.0279. The normalized spacial score (nSPS) is 10.9. The van der Waals surface area contributed by atoms with Crippen molar-refractivity contribution in [2.24, 2.45) is 0 Å². The van der Waals surface area contributed by atoms with Crippen LogP contribution >= 0.6 is 0 Å². The summed E-state index contributed by atoms with van der Waals surface area (Å²) in [6.07, 6.45) is 1.42. The van der Waals surface area contributed by atoms with Crippen LogP contribution in [0.3, 0.4) is 0 Å². The van der Waals surface area contributed by atoms with E-state index in [-0.39, 0.29) is 12.3 Å². The van der Waals surface area contributed by atoms with E-state index in [1.807, 2.05) is 0 Å². The van der Waals surface area contributed by atoms with Gasteiger partial charge in [-0.3, -0.25) is 10.1 Å². The van der Waals surface area contributed by atoms with E-state index in [1.54, 1.807) is 24.3 Å². The van der Waals surface area contributed by atoms with Gasteiger partial charge in [-0.1, -0.05) is 12.1 Å². The van der Waals surface area contributed by atoms with Gasteiger partial charge in [-0.25, -0.2) is 4.79 Å². The molecule has 0 aliphatic rings. The number of rotatable bonds is 5. The van der Waals surface area contributed by atoms with E-state index in [4.69, 9.17) is 4.74 Å². The molecule has 0 atom stereocenters. The molecule has 18 heavy (non-hydrogen) atoms. The highest BCUT2D eigenvalue weighted by molar-refractivity contribution is 5.70. The van der Waals surface area contributed by atoms with Gasteiger partial charge in [0.15, 0.2) is 6.61 Å². The van der Waals surface area contributed by atoms with Crippen LogP contribution in [0.15, 0.2) is 30.0 Å². The fourth-order valence-corrected chi connectivity index (χ4v) is 1.19. The summed E-state index contributed by atoms with van der Waals surface area (Å²) in [5.41, 5.74) is 0.659. The Morgan fingerprint density at radius 1 is 1.50 bits per heavy atom. The van der Waals surface area contributed by atoms with Crippen LogP contribution in [-0.4, -0.2) is 24.6 Å². The number of nitrogens with zero attached hydrogens (tertiary/aromatic N) is 1. The number of hydrogen-bond acceptors (Lipinski definition) is 5. The van der Waals surface area contributed by atoms with Crippen molar-refractivity contribution in [1.29, 1.82) is 0 Å². The first kappa shape index (κ1) is 13.7. The highest BCUT2D eigenvalue weighted by atomic mass is 16.6. The molecule has 0 fully saturated rings. The molecule has 1 rings (SSSR count). The van der Waals surface area contributed by atoms with Gasteiger partial charge in [-0.05, 0) is 17.7 Å². The van der Waals surface area contributed by atoms with E-state index in [1.165, 1.54) is 20.1 Å². The van der Waals surface area contributed by atoms with Gasteiger partial charge in [0.2, 0.25) is 5.70 Å². The zero-order valence-electron chi connectivity index (χ0n) is 10.1. The van der Waals surface area contributed by atoms with Crippen LogP contribution in [0.25, 0.3) is 6.08 Å². The lowest BCUT2D eigenvalue weighted by molar-refractivity contribution is -0.422. The summed E-state index contributed by atoms with van der Waals surface area (Å²) in [6.45, 7) is 1.21. The topological polar surface area (TPSA) is 78.7 Å². The number of methoxy groups -OCH3 is 1. The maximum absolute atomic E-state index is 10.9. The van der Waals surface area contributed by atoms with Gasteiger partial charge in [-0.2, -0.15) is 0 Å². The molecule has 6 heteroatoms. The fraction of sp³-hybridized carbons (Fsp3) is 0.250. The standard InChI is InChI=1S/C12H13NO5/c1-9(13(15)16)6-10-4-3-5-11(7-10)18-8-12(14)17-2/h3-7H,8H2,1-2H3/b9-6+. The maximum atomic E-state index is 10.9. The summed E-state index contributed by atoms with van der Waals surface area (Å²) in [5, 5.41) is 10.5. The van der Waals surface area contributed by atoms with Crippen molar-refractivity contribution in [2.75, 3.05) is 13.7 Å². The van der Waals surface area contributed by atoms with E-state index >= 15 is 0 Å². The Kier molecular flexibility index (Phi) is 4.86. The molecule has 1 aromatic carbocycles. The molecule has 1 aromatic rings. The molecular weight excluding hydrogens is 238 g/mol. The van der Waals surface area contributed by atoms with Gasteiger partial charge < -0.3 is 9.47 Å². The lowest BCUT2D eigenvalue weighted by atomic mass is 10.2. The third-order valence-corrected chi connectivity index (χ3v) is 2.11. The zero-order chi connectivity index (χ0) is 13.5. The van der Waals surface area contributed by atoms with Crippen molar-refractivity contribution in [3.63, 3.8) is 0 Å². The van der Waals surface area contributed by atoms with Crippen molar-refractivity contribution in [1.82, 2.24) is 0 Å². The summed E-state index contributed by atoms with van der Waals surface area (Å²) >= 11 is 0. The summed E-state index contributed by atoms with van der Waals surface area (Å²) in [6, 6.07) is 6.65. The smallest absolute Gasteiger partial charge is 0.343 e. The molecule has 0 spiro atoms. The molecule has 0 saturated heterocycles. The quantitative estimate of drug-likeness (QED) is 0.453. The predicted molar refractivity (Wildman–Crippen MR) is 64.6 cm³/mol. The number of hydrogen-bond donors (Lipinski definition) is 0. The first-order valence-corrected chi connectivity index (χ1v) is 5.15. The second kappa shape index (κ2) is 6.39. The molecule has 0 amide bonds. The molecule has 0 radical (unpaired) electrons. The number of ether oxygens (including phenoxy) is 2. The Bertz CT molecular complexity index is 481. The summed E-state index contributed by atoms with van der Waals surface area (Å²) in [4.78, 5) is 20.9. The van der Waals surface area contributed by atoms with Crippen molar-refractivity contribution in [3.8, 4) is 5.75 Å². The molecule has 6 nitrogen and oxygen atoms in total. The molecule has 0 saturated carbocycles. The Labute approximate surface area is 104 Å². The average Bonchev–Trinajstić information content (AvgIpc) is 2.36. The Morgan fingerprint density at radius 3 is 2.83 bits per heavy atom. The number of allylic oxidation sites excluding steroid dienone is 1. The first-order chi connectivity index (χ1) is 8.52. The summed E-state index contributed by atoms with van der Waals surface area (Å²) < 4.78 is 9.60. The second-order valence-corrected chi connectivity index (χ2v) is 3.48. The largest absolute Gasteiger partial charge is 0.482 e. The summed E-state index contributed by atoms with van der Waals surface area (Å²) in [7, 11) is 1.27. The van der Waals surface area contributed by atoms with Gasteiger partial charge in [-0.15, -0.1) is 0 Å². The van der Waals surface area contributed by atoms with Crippen LogP contribution < -0.4 is 4.74 Å². The van der Waals surface area contributed by atoms with Crippen molar-refractivity contribution in [2.45, 2.75) is 6.92 Å². The van der Waals surface area contributed by atoms with Crippen molar-refractivity contribution in [3.05, 3.63) is 45.6 Å². The van der Waals surface area contributed by atoms with Crippen LogP contribution in [0.4, 0.5) is 0 Å². The molecule has 0 aromatic heterocycles. The number of carbonyl (C=O) groups is 1. The molecule has 0 heterocycles. The lowest BCUT2D eigenvalue weighted by Gasteiger charge is -2.05. The number of esters is 1. The monoisotopic (exact) mass is 251 g/mol. The van der Waals surface area contributed by atoms with Crippen molar-refractivity contribution >= 4 is 12.0 Å². The minimum Gasteiger partial charge on any atom is -0.482 e. The van der Waals surface area contributed by atoms with E-state index in [9.17, 15) is 14.9 Å². The van der Waals surface area contributed by atoms with Crippen LogP contribution in [0.2, 0.25) is 0 Å². The predicted octanol–water partition coefficient (Wildman–Crippen LogP) is 1.88. The lowest BCUT2D eigenvalue weighted by Crippen LogP contribution is -2.12. The highest BCUT2D eigenvalue weighted by Gasteiger charge is 2.04. The molecular formula is C12H13NO5. The highest BCUT2D eigenvalue weighted by Crippen LogP contribution is 2.16. The van der Waals surface area contributed by atoms with Gasteiger partial charge in [0, 0.05) is 13.0 Å². The van der Waals surface area contributed by atoms with E-state index < -0.39 is 10.9 Å². The molecule has 0 unspecified atom stereocenters. The maximum Gasteiger partial charge on any atom is 0.343 e. The molecule has 0 aliphatic heterocycles. The number of nitro groups is 1. The molecule has 0 N–H and O–H groups in total. The van der Waals surface area contributed by atoms with Crippen LogP contribution in [-0.2, 0) is 9.53 Å². The van der Waals surface area contributed by atoms with Gasteiger partial charge in [0.25, 0.3) is 0 Å². The number of carbonyl (C=O) groups excluding carboxylic acids is 1. The first-order valence-electron chi connectivity index (χ1n) is 5.15.